The van der Waals surface area contributed by atoms with Crippen molar-refractivity contribution in [2.24, 2.45) is 16.6 Å². The van der Waals surface area contributed by atoms with Crippen molar-refractivity contribution in [2.75, 3.05) is 56.5 Å². The van der Waals surface area contributed by atoms with E-state index >= 15 is 0 Å². The highest BCUT2D eigenvalue weighted by Crippen LogP contribution is 2.21. The largest absolute Gasteiger partial charge is 0.370 e. The summed E-state index contributed by atoms with van der Waals surface area (Å²) in [5, 5.41) is 0.741. The van der Waals surface area contributed by atoms with Crippen molar-refractivity contribution in [1.29, 1.82) is 0 Å². The van der Waals surface area contributed by atoms with Crippen LogP contribution in [0.2, 0.25) is 5.02 Å². The van der Waals surface area contributed by atoms with Gasteiger partial charge in [0.25, 0.3) is 0 Å². The van der Waals surface area contributed by atoms with Gasteiger partial charge in [-0.15, -0.1) is 24.0 Å². The first-order valence-electron chi connectivity index (χ1n) is 8.92. The monoisotopic (exact) mass is 527 g/mol. The maximum Gasteiger partial charge on any atom is 0.213 e. The van der Waals surface area contributed by atoms with E-state index in [2.05, 4.69) is 14.8 Å². The highest BCUT2D eigenvalue weighted by Gasteiger charge is 2.34. The number of guanidine groups is 1. The lowest BCUT2D eigenvalue weighted by Gasteiger charge is -2.38. The normalized spacial score (nSPS) is 19.6. The van der Waals surface area contributed by atoms with Crippen LogP contribution in [0.1, 0.15) is 6.92 Å². The first kappa shape index (κ1) is 22.5. The second kappa shape index (κ2) is 9.62. The Morgan fingerprint density at radius 1 is 1.19 bits per heavy atom. The van der Waals surface area contributed by atoms with Crippen LogP contribution in [0.5, 0.6) is 0 Å². The molecule has 2 fully saturated rings. The van der Waals surface area contributed by atoms with Gasteiger partial charge in [0.2, 0.25) is 10.0 Å². The second-order valence-corrected chi connectivity index (χ2v) is 9.43. The van der Waals surface area contributed by atoms with Crippen molar-refractivity contribution in [3.8, 4) is 0 Å². The van der Waals surface area contributed by atoms with Gasteiger partial charge in [0.1, 0.15) is 0 Å². The van der Waals surface area contributed by atoms with Crippen LogP contribution in [0.4, 0.5) is 5.69 Å². The smallest absolute Gasteiger partial charge is 0.213 e. The fraction of sp³-hybridized carbons (Fsp3) is 0.588. The van der Waals surface area contributed by atoms with Crippen molar-refractivity contribution in [3.63, 3.8) is 0 Å². The molecule has 10 heteroatoms. The highest BCUT2D eigenvalue weighted by molar-refractivity contribution is 14.0. The summed E-state index contributed by atoms with van der Waals surface area (Å²) in [7, 11) is -3.06. The molecule has 2 heterocycles. The van der Waals surface area contributed by atoms with Crippen LogP contribution in [0, 0.1) is 5.92 Å². The minimum absolute atomic E-state index is 0. The number of nitrogens with zero attached hydrogens (tertiary/aromatic N) is 4. The number of nitrogens with two attached hydrogens (primary N) is 1. The zero-order valence-electron chi connectivity index (χ0n) is 15.4. The van der Waals surface area contributed by atoms with Crippen LogP contribution < -0.4 is 10.6 Å². The molecule has 2 aliphatic heterocycles. The molecule has 2 aliphatic rings. The van der Waals surface area contributed by atoms with Gasteiger partial charge < -0.3 is 15.5 Å². The molecule has 0 spiro atoms. The molecule has 1 aromatic carbocycles. The predicted octanol–water partition coefficient (Wildman–Crippen LogP) is 1.68. The standard InChI is InChI=1S/C17H26ClN5O2S.HI/c1-2-26(24,25)23-12-14(13-23)11-20-17(19)22-9-7-21(8-10-22)16-5-3-15(18)4-6-16;/h3-6,14H,2,7-13H2,1H3,(H2,19,20);1H. The molecule has 0 radical (unpaired) electrons. The van der Waals surface area contributed by atoms with Gasteiger partial charge in [-0.2, -0.15) is 0 Å². The second-order valence-electron chi connectivity index (χ2n) is 6.73. The van der Waals surface area contributed by atoms with Gasteiger partial charge in [0.05, 0.1) is 5.75 Å². The first-order valence-corrected chi connectivity index (χ1v) is 10.9. The summed E-state index contributed by atoms with van der Waals surface area (Å²) in [6, 6.07) is 7.86. The third-order valence-electron chi connectivity index (χ3n) is 4.99. The number of rotatable bonds is 5. The number of benzene rings is 1. The molecule has 7 nitrogen and oxygen atoms in total. The molecule has 0 saturated carbocycles. The third kappa shape index (κ3) is 5.61. The third-order valence-corrected chi connectivity index (χ3v) is 7.06. The van der Waals surface area contributed by atoms with Crippen molar-refractivity contribution in [2.45, 2.75) is 6.92 Å². The first-order chi connectivity index (χ1) is 12.4. The fourth-order valence-electron chi connectivity index (χ4n) is 3.22. The number of halogens is 2. The Bertz CT molecular complexity index is 745. The van der Waals surface area contributed by atoms with E-state index in [0.717, 1.165) is 36.9 Å². The minimum atomic E-state index is -3.06. The topological polar surface area (TPSA) is 82.2 Å². The average molecular weight is 528 g/mol. The number of piperazine rings is 1. The Hall–Kier alpha value is -0.780. The van der Waals surface area contributed by atoms with Gasteiger partial charge >= 0.3 is 0 Å². The molecule has 2 N–H and O–H groups in total. The van der Waals surface area contributed by atoms with E-state index in [-0.39, 0.29) is 35.6 Å². The number of hydrogen-bond donors (Lipinski definition) is 1. The van der Waals surface area contributed by atoms with E-state index in [9.17, 15) is 8.42 Å². The van der Waals surface area contributed by atoms with Crippen LogP contribution in [0.15, 0.2) is 29.3 Å². The molecular weight excluding hydrogens is 501 g/mol. The number of sulfonamides is 1. The van der Waals surface area contributed by atoms with Crippen LogP contribution in [-0.2, 0) is 10.0 Å². The summed E-state index contributed by atoms with van der Waals surface area (Å²) in [6.07, 6.45) is 0. The lowest BCUT2D eigenvalue weighted by Crippen LogP contribution is -2.53. The van der Waals surface area contributed by atoms with E-state index < -0.39 is 10.0 Å². The number of hydrogen-bond acceptors (Lipinski definition) is 4. The number of anilines is 1. The fourth-order valence-corrected chi connectivity index (χ4v) is 4.58. The lowest BCUT2D eigenvalue weighted by molar-refractivity contribution is 0.207. The van der Waals surface area contributed by atoms with Crippen LogP contribution in [0.25, 0.3) is 0 Å². The molecule has 0 amide bonds. The zero-order chi connectivity index (χ0) is 18.7. The Balaban J connectivity index is 0.00000261. The Morgan fingerprint density at radius 2 is 1.78 bits per heavy atom. The van der Waals surface area contributed by atoms with Gasteiger partial charge in [0, 0.05) is 62.4 Å². The maximum absolute atomic E-state index is 11.7. The van der Waals surface area contributed by atoms with Crippen molar-refractivity contribution >= 4 is 57.2 Å². The zero-order valence-corrected chi connectivity index (χ0v) is 19.3. The van der Waals surface area contributed by atoms with Crippen molar-refractivity contribution < 1.29 is 8.42 Å². The SMILES string of the molecule is CCS(=O)(=O)N1CC(CN=C(N)N2CCN(c3ccc(Cl)cc3)CC2)C1.I. The quantitative estimate of drug-likeness (QED) is 0.358. The van der Waals surface area contributed by atoms with E-state index in [1.165, 1.54) is 4.31 Å². The number of aliphatic imine (C=N–C) groups is 1. The molecule has 2 saturated heterocycles. The molecule has 0 unspecified atom stereocenters. The summed E-state index contributed by atoms with van der Waals surface area (Å²) in [5.41, 5.74) is 7.30. The van der Waals surface area contributed by atoms with E-state index in [4.69, 9.17) is 17.3 Å². The summed E-state index contributed by atoms with van der Waals surface area (Å²) in [5.74, 6) is 0.978. The summed E-state index contributed by atoms with van der Waals surface area (Å²) in [4.78, 5) is 8.88. The van der Waals surface area contributed by atoms with Crippen molar-refractivity contribution in [3.05, 3.63) is 29.3 Å². The molecule has 0 aliphatic carbocycles. The van der Waals surface area contributed by atoms with Gasteiger partial charge in [-0.05, 0) is 31.2 Å². The molecule has 152 valence electrons. The molecule has 0 bridgehead atoms. The van der Waals surface area contributed by atoms with E-state index in [1.54, 1.807) is 6.92 Å². The lowest BCUT2D eigenvalue weighted by atomic mass is 10.0. The molecular formula is C17H27ClIN5O2S. The summed E-state index contributed by atoms with van der Waals surface area (Å²) < 4.78 is 25.0. The van der Waals surface area contributed by atoms with E-state index in [1.807, 2.05) is 24.3 Å². The van der Waals surface area contributed by atoms with Crippen LogP contribution in [-0.4, -0.2) is 75.1 Å². The average Bonchev–Trinajstić information content (AvgIpc) is 2.61. The Kier molecular flexibility index (Phi) is 8.02. The summed E-state index contributed by atoms with van der Waals surface area (Å²) >= 11 is 5.94. The van der Waals surface area contributed by atoms with Crippen LogP contribution in [0.3, 0.4) is 0 Å². The van der Waals surface area contributed by atoms with Crippen molar-refractivity contribution in [1.82, 2.24) is 9.21 Å². The Labute approximate surface area is 183 Å². The molecule has 3 rings (SSSR count). The summed E-state index contributed by atoms with van der Waals surface area (Å²) in [6.45, 7) is 6.75. The van der Waals surface area contributed by atoms with Gasteiger partial charge in [-0.1, -0.05) is 11.6 Å². The molecule has 0 aromatic heterocycles. The molecule has 0 atom stereocenters. The van der Waals surface area contributed by atoms with Gasteiger partial charge in [-0.25, -0.2) is 12.7 Å². The predicted molar refractivity (Wildman–Crippen MR) is 122 cm³/mol. The Morgan fingerprint density at radius 3 is 2.33 bits per heavy atom. The van der Waals surface area contributed by atoms with Gasteiger partial charge in [-0.3, -0.25) is 4.99 Å². The minimum Gasteiger partial charge on any atom is -0.370 e. The molecule has 27 heavy (non-hydrogen) atoms. The molecule has 1 aromatic rings. The maximum atomic E-state index is 11.7. The van der Waals surface area contributed by atoms with E-state index in [0.29, 0.717) is 25.6 Å². The highest BCUT2D eigenvalue weighted by atomic mass is 127. The van der Waals surface area contributed by atoms with Gasteiger partial charge in [0.15, 0.2) is 5.96 Å². The van der Waals surface area contributed by atoms with Crippen LogP contribution >= 0.6 is 35.6 Å².